The van der Waals surface area contributed by atoms with Crippen molar-refractivity contribution in [1.82, 2.24) is 9.80 Å². The van der Waals surface area contributed by atoms with Crippen molar-refractivity contribution < 1.29 is 15.0 Å². The van der Waals surface area contributed by atoms with E-state index in [1.54, 1.807) is 0 Å². The van der Waals surface area contributed by atoms with E-state index in [9.17, 15) is 15.0 Å². The maximum atomic E-state index is 14.2. The van der Waals surface area contributed by atoms with Gasteiger partial charge in [0, 0.05) is 13.1 Å². The van der Waals surface area contributed by atoms with Gasteiger partial charge in [0.25, 0.3) is 0 Å². The van der Waals surface area contributed by atoms with E-state index in [2.05, 4.69) is 6.92 Å². The van der Waals surface area contributed by atoms with Gasteiger partial charge in [0.2, 0.25) is 0 Å². The number of aliphatic hydroxyl groups is 2. The summed E-state index contributed by atoms with van der Waals surface area (Å²) < 4.78 is 0. The molecule has 1 saturated carbocycles. The van der Waals surface area contributed by atoms with Gasteiger partial charge in [-0.2, -0.15) is 0 Å². The van der Waals surface area contributed by atoms with Crippen LogP contribution in [0.1, 0.15) is 56.6 Å². The molecule has 0 bridgehead atoms. The topological polar surface area (TPSA) is 64.0 Å². The van der Waals surface area contributed by atoms with Crippen LogP contribution < -0.4 is 0 Å². The van der Waals surface area contributed by atoms with Crippen molar-refractivity contribution in [2.75, 3.05) is 13.1 Å². The minimum atomic E-state index is -1.01. The highest BCUT2D eigenvalue weighted by molar-refractivity contribution is 5.76. The van der Waals surface area contributed by atoms with E-state index in [1.807, 2.05) is 70.5 Å². The van der Waals surface area contributed by atoms with Gasteiger partial charge in [-0.1, -0.05) is 86.8 Å². The fraction of sp³-hybridized carbons (Fsp3) is 0.552. The van der Waals surface area contributed by atoms with E-state index in [4.69, 9.17) is 0 Å². The first-order valence-corrected chi connectivity index (χ1v) is 13.1. The largest absolute Gasteiger partial charge is 0.388 e. The smallest absolute Gasteiger partial charge is 0.320 e. The van der Waals surface area contributed by atoms with Gasteiger partial charge in [0.1, 0.15) is 12.2 Å². The van der Waals surface area contributed by atoms with Crippen LogP contribution in [0.2, 0.25) is 0 Å². The Balaban J connectivity index is 1.69. The number of hydrogen-bond donors (Lipinski definition) is 2. The summed E-state index contributed by atoms with van der Waals surface area (Å²) >= 11 is 0. The summed E-state index contributed by atoms with van der Waals surface area (Å²) in [4.78, 5) is 17.9. The number of rotatable bonds is 9. The number of carbonyl (C=O) groups is 1. The van der Waals surface area contributed by atoms with Crippen molar-refractivity contribution in [2.24, 2.45) is 5.92 Å². The normalized spacial score (nSPS) is 26.1. The Morgan fingerprint density at radius 2 is 1.29 bits per heavy atom. The van der Waals surface area contributed by atoms with Crippen LogP contribution in [0, 0.1) is 5.92 Å². The molecule has 4 rings (SSSR count). The highest BCUT2D eigenvalue weighted by Crippen LogP contribution is 2.32. The van der Waals surface area contributed by atoms with Crippen LogP contribution in [0.3, 0.4) is 0 Å². The van der Waals surface area contributed by atoms with Crippen LogP contribution in [-0.4, -0.2) is 63.4 Å². The van der Waals surface area contributed by atoms with Crippen molar-refractivity contribution in [1.29, 1.82) is 0 Å². The van der Waals surface area contributed by atoms with Crippen molar-refractivity contribution in [3.8, 4) is 0 Å². The van der Waals surface area contributed by atoms with Gasteiger partial charge in [-0.3, -0.25) is 0 Å². The molecule has 0 unspecified atom stereocenters. The number of urea groups is 1. The second-order valence-corrected chi connectivity index (χ2v) is 10.1. The predicted molar refractivity (Wildman–Crippen MR) is 136 cm³/mol. The number of benzene rings is 2. The van der Waals surface area contributed by atoms with Gasteiger partial charge >= 0.3 is 6.03 Å². The second-order valence-electron chi connectivity index (χ2n) is 10.1. The van der Waals surface area contributed by atoms with E-state index in [0.29, 0.717) is 31.8 Å². The Morgan fingerprint density at radius 3 is 1.79 bits per heavy atom. The van der Waals surface area contributed by atoms with Gasteiger partial charge < -0.3 is 20.0 Å². The molecule has 1 aliphatic heterocycles. The monoisotopic (exact) mass is 464 g/mol. The SMILES string of the molecule is CCCCN1C(=O)N(CC2CCCC2)[C@H](Cc2ccccc2)[C@H](O)[C@@H](O)[C@H]1Cc1ccccc1. The summed E-state index contributed by atoms with van der Waals surface area (Å²) in [7, 11) is 0. The van der Waals surface area contributed by atoms with E-state index >= 15 is 0 Å². The minimum Gasteiger partial charge on any atom is -0.388 e. The van der Waals surface area contributed by atoms with Crippen LogP contribution in [0.15, 0.2) is 60.7 Å². The van der Waals surface area contributed by atoms with Crippen LogP contribution in [0.5, 0.6) is 0 Å². The maximum Gasteiger partial charge on any atom is 0.320 e. The zero-order chi connectivity index (χ0) is 23.9. The molecule has 0 aromatic heterocycles. The van der Waals surface area contributed by atoms with Crippen LogP contribution in [-0.2, 0) is 12.8 Å². The van der Waals surface area contributed by atoms with Gasteiger partial charge in [-0.15, -0.1) is 0 Å². The molecule has 1 saturated heterocycles. The first kappa shape index (κ1) is 24.7. The molecule has 2 amide bonds. The molecule has 4 atom stereocenters. The molecule has 34 heavy (non-hydrogen) atoms. The molecule has 1 heterocycles. The predicted octanol–water partition coefficient (Wildman–Crippen LogP) is 4.66. The quantitative estimate of drug-likeness (QED) is 0.567. The summed E-state index contributed by atoms with van der Waals surface area (Å²) in [6.07, 6.45) is 5.56. The van der Waals surface area contributed by atoms with E-state index < -0.39 is 24.3 Å². The molecule has 5 nitrogen and oxygen atoms in total. The molecule has 5 heteroatoms. The molecular formula is C29H40N2O3. The van der Waals surface area contributed by atoms with Crippen LogP contribution in [0.25, 0.3) is 0 Å². The number of nitrogens with zero attached hydrogens (tertiary/aromatic N) is 2. The van der Waals surface area contributed by atoms with Crippen molar-refractivity contribution in [3.63, 3.8) is 0 Å². The summed E-state index contributed by atoms with van der Waals surface area (Å²) in [5.74, 6) is 0.463. The van der Waals surface area contributed by atoms with Gasteiger partial charge in [-0.25, -0.2) is 4.79 Å². The van der Waals surface area contributed by atoms with Gasteiger partial charge in [0.05, 0.1) is 12.1 Å². The average Bonchev–Trinajstić information content (AvgIpc) is 3.37. The summed E-state index contributed by atoms with van der Waals surface area (Å²) in [5, 5.41) is 23.1. The Labute approximate surface area is 204 Å². The Hall–Kier alpha value is -2.37. The lowest BCUT2D eigenvalue weighted by Crippen LogP contribution is -2.52. The number of aliphatic hydroxyl groups excluding tert-OH is 2. The van der Waals surface area contributed by atoms with Crippen molar-refractivity contribution in [2.45, 2.75) is 82.6 Å². The third-order valence-corrected chi connectivity index (χ3v) is 7.69. The molecule has 2 aromatic rings. The Kier molecular flexibility index (Phi) is 8.63. The first-order chi connectivity index (χ1) is 16.6. The molecular weight excluding hydrogens is 424 g/mol. The third kappa shape index (κ3) is 5.81. The van der Waals surface area contributed by atoms with Gasteiger partial charge in [-0.05, 0) is 49.1 Å². The standard InChI is InChI=1S/C29H40N2O3/c1-2-3-18-30-25(19-22-12-6-4-7-13-22)27(32)28(33)26(20-23-14-8-5-9-15-23)31(29(30)34)21-24-16-10-11-17-24/h4-9,12-15,24-28,32-33H,2-3,10-11,16-21H2,1H3/t25-,26-,27+,28+/m1/s1. The van der Waals surface area contributed by atoms with E-state index in [-0.39, 0.29) is 6.03 Å². The summed E-state index contributed by atoms with van der Waals surface area (Å²) in [5.41, 5.74) is 2.14. The van der Waals surface area contributed by atoms with Crippen LogP contribution in [0.4, 0.5) is 4.79 Å². The maximum absolute atomic E-state index is 14.2. The van der Waals surface area contributed by atoms with E-state index in [1.165, 1.54) is 12.8 Å². The molecule has 2 aliphatic rings. The van der Waals surface area contributed by atoms with Crippen molar-refractivity contribution in [3.05, 3.63) is 71.8 Å². The first-order valence-electron chi connectivity index (χ1n) is 13.1. The van der Waals surface area contributed by atoms with Gasteiger partial charge in [0.15, 0.2) is 0 Å². The van der Waals surface area contributed by atoms with E-state index in [0.717, 1.165) is 36.8 Å². The zero-order valence-corrected chi connectivity index (χ0v) is 20.4. The lowest BCUT2D eigenvalue weighted by molar-refractivity contribution is -0.0405. The molecule has 1 aliphatic carbocycles. The Morgan fingerprint density at radius 1 is 0.794 bits per heavy atom. The molecule has 2 N–H and O–H groups in total. The summed E-state index contributed by atoms with van der Waals surface area (Å²) in [6, 6.07) is 19.1. The lowest BCUT2D eigenvalue weighted by atomic mass is 9.90. The molecule has 2 fully saturated rings. The molecule has 2 aromatic carbocycles. The fourth-order valence-electron chi connectivity index (χ4n) is 5.72. The number of amides is 2. The number of unbranched alkanes of at least 4 members (excludes halogenated alkanes) is 1. The highest BCUT2D eigenvalue weighted by Gasteiger charge is 2.46. The summed E-state index contributed by atoms with van der Waals surface area (Å²) in [6.45, 7) is 3.37. The molecule has 0 spiro atoms. The third-order valence-electron chi connectivity index (χ3n) is 7.69. The number of carbonyl (C=O) groups excluding carboxylic acids is 1. The zero-order valence-electron chi connectivity index (χ0n) is 20.4. The Bertz CT molecular complexity index is 885. The lowest BCUT2D eigenvalue weighted by Gasteiger charge is -2.37. The fourth-order valence-corrected chi connectivity index (χ4v) is 5.72. The number of hydrogen-bond acceptors (Lipinski definition) is 3. The molecule has 184 valence electrons. The second kappa shape index (κ2) is 11.9. The molecule has 0 radical (unpaired) electrons. The highest BCUT2D eigenvalue weighted by atomic mass is 16.3. The minimum absolute atomic E-state index is 0.0298. The van der Waals surface area contributed by atoms with Crippen LogP contribution >= 0.6 is 0 Å². The average molecular weight is 465 g/mol. The van der Waals surface area contributed by atoms with Crippen molar-refractivity contribution >= 4 is 6.03 Å².